The lowest BCUT2D eigenvalue weighted by atomic mass is 9.90. The number of imidazole rings is 1. The molecule has 6 rings (SSSR count). The third kappa shape index (κ3) is 4.79. The summed E-state index contributed by atoms with van der Waals surface area (Å²) in [6.45, 7) is 4.47. The molecule has 39 heavy (non-hydrogen) atoms. The number of nitrogens with zero attached hydrogens (tertiary/aromatic N) is 3. The predicted molar refractivity (Wildman–Crippen MR) is 154 cm³/mol. The van der Waals surface area contributed by atoms with Crippen LogP contribution in [-0.2, 0) is 11.2 Å². The van der Waals surface area contributed by atoms with E-state index in [4.69, 9.17) is 26.2 Å². The van der Waals surface area contributed by atoms with E-state index in [0.717, 1.165) is 34.0 Å². The number of anilines is 3. The highest BCUT2D eigenvalue weighted by atomic mass is 19.1. The summed E-state index contributed by atoms with van der Waals surface area (Å²) in [6, 6.07) is 21.3. The number of fused-ring (bicyclic) bond motifs is 1. The highest BCUT2D eigenvalue weighted by Crippen LogP contribution is 2.38. The number of aromatic nitrogens is 3. The van der Waals surface area contributed by atoms with E-state index >= 15 is 4.39 Å². The number of pyridine rings is 1. The number of H-pyrrole nitrogens is 1. The molecule has 0 aliphatic carbocycles. The van der Waals surface area contributed by atoms with Crippen LogP contribution in [0.4, 0.5) is 21.6 Å². The van der Waals surface area contributed by atoms with Gasteiger partial charge in [0, 0.05) is 29.7 Å². The first-order chi connectivity index (χ1) is 19.0. The van der Waals surface area contributed by atoms with E-state index in [-0.39, 0.29) is 5.82 Å². The predicted octanol–water partition coefficient (Wildman–Crippen LogP) is 5.51. The average Bonchev–Trinajstić information content (AvgIpc) is 3.44. The molecule has 1 atom stereocenters. The van der Waals surface area contributed by atoms with Crippen LogP contribution in [0.5, 0.6) is 0 Å². The Bertz CT molecular complexity index is 1630. The summed E-state index contributed by atoms with van der Waals surface area (Å²) in [4.78, 5) is 15.0. The Balaban J connectivity index is 1.57. The normalized spacial score (nSPS) is 14.6. The number of nitrogens with two attached hydrogens (primary N) is 2. The maximum absolute atomic E-state index is 16.6. The van der Waals surface area contributed by atoms with Crippen LogP contribution in [0.2, 0.25) is 0 Å². The minimum Gasteiger partial charge on any atom is -0.399 e. The first-order valence-corrected chi connectivity index (χ1v) is 13.2. The van der Waals surface area contributed by atoms with Crippen LogP contribution in [0.25, 0.3) is 22.0 Å². The Hall–Kier alpha value is -4.43. The number of morpholine rings is 1. The van der Waals surface area contributed by atoms with Gasteiger partial charge in [0.15, 0.2) is 5.82 Å². The lowest BCUT2D eigenvalue weighted by Crippen LogP contribution is -2.37. The smallest absolute Gasteiger partial charge is 0.150 e. The van der Waals surface area contributed by atoms with Crippen LogP contribution >= 0.6 is 0 Å². The molecule has 2 aromatic heterocycles. The van der Waals surface area contributed by atoms with Crippen molar-refractivity contribution in [2.75, 3.05) is 42.7 Å². The van der Waals surface area contributed by atoms with E-state index in [1.54, 1.807) is 12.3 Å². The first-order valence-electron chi connectivity index (χ1n) is 13.2. The molecule has 3 heterocycles. The molecular weight excluding hydrogens is 491 g/mol. The highest BCUT2D eigenvalue weighted by Gasteiger charge is 2.29. The first kappa shape index (κ1) is 24.9. The van der Waals surface area contributed by atoms with Gasteiger partial charge in [-0.15, -0.1) is 0 Å². The molecule has 0 amide bonds. The number of hydrogen-bond donors (Lipinski definition) is 3. The Labute approximate surface area is 226 Å². The summed E-state index contributed by atoms with van der Waals surface area (Å²) < 4.78 is 22.1. The van der Waals surface area contributed by atoms with Gasteiger partial charge in [0.05, 0.1) is 42.4 Å². The molecule has 7 nitrogen and oxygen atoms in total. The molecule has 1 fully saturated rings. The molecule has 5 aromatic rings. The van der Waals surface area contributed by atoms with Gasteiger partial charge < -0.3 is 26.1 Å². The largest absolute Gasteiger partial charge is 0.399 e. The van der Waals surface area contributed by atoms with Gasteiger partial charge in [-0.2, -0.15) is 0 Å². The lowest BCUT2D eigenvalue weighted by molar-refractivity contribution is 0.122. The van der Waals surface area contributed by atoms with Gasteiger partial charge in [-0.05, 0) is 53.3 Å². The van der Waals surface area contributed by atoms with E-state index in [1.165, 1.54) is 0 Å². The van der Waals surface area contributed by atoms with Crippen molar-refractivity contribution in [3.8, 4) is 11.3 Å². The molecule has 1 saturated heterocycles. The third-order valence-electron chi connectivity index (χ3n) is 7.37. The fraction of sp³-hybridized carbons (Fsp3) is 0.226. The average molecular weight is 523 g/mol. The van der Waals surface area contributed by atoms with Crippen molar-refractivity contribution in [3.05, 3.63) is 101 Å². The molecule has 0 radical (unpaired) electrons. The van der Waals surface area contributed by atoms with Gasteiger partial charge in [0.2, 0.25) is 0 Å². The van der Waals surface area contributed by atoms with Crippen molar-refractivity contribution in [1.82, 2.24) is 15.0 Å². The quantitative estimate of drug-likeness (QED) is 0.254. The second-order valence-corrected chi connectivity index (χ2v) is 9.87. The molecule has 1 aliphatic heterocycles. The van der Waals surface area contributed by atoms with Crippen LogP contribution in [0.15, 0.2) is 72.9 Å². The standard InChI is InChI=1S/C31H31FN6O/c1-2-19-14-24(29(32)27(15-19)38-10-12-39-13-11-38)28(31-35-18-26(37-31)20-6-4-3-5-7-20)25-17-21-16-22(33)8-9-23(21)30(34)36-25/h3-9,14-18,28H,2,10-13,33H2,1H3,(H2,34,36)(H,35,37). The summed E-state index contributed by atoms with van der Waals surface area (Å²) in [5.41, 5.74) is 17.7. The number of rotatable bonds is 6. The monoisotopic (exact) mass is 522 g/mol. The molecule has 198 valence electrons. The molecule has 0 bridgehead atoms. The topological polar surface area (TPSA) is 106 Å². The van der Waals surface area contributed by atoms with Gasteiger partial charge >= 0.3 is 0 Å². The van der Waals surface area contributed by atoms with E-state index in [1.807, 2.05) is 60.7 Å². The maximum atomic E-state index is 16.6. The molecular formula is C31H31FN6O. The zero-order chi connectivity index (χ0) is 26.9. The minimum atomic E-state index is -0.623. The van der Waals surface area contributed by atoms with E-state index in [0.29, 0.717) is 60.6 Å². The summed E-state index contributed by atoms with van der Waals surface area (Å²) in [7, 11) is 0. The second kappa shape index (κ2) is 10.4. The third-order valence-corrected chi connectivity index (χ3v) is 7.37. The van der Waals surface area contributed by atoms with Crippen LogP contribution in [0, 0.1) is 5.82 Å². The van der Waals surface area contributed by atoms with Gasteiger partial charge in [-0.3, -0.25) is 0 Å². The maximum Gasteiger partial charge on any atom is 0.150 e. The molecule has 1 aliphatic rings. The summed E-state index contributed by atoms with van der Waals surface area (Å²) >= 11 is 0. The van der Waals surface area contributed by atoms with E-state index in [9.17, 15) is 0 Å². The Morgan fingerprint density at radius 1 is 1.03 bits per heavy atom. The number of aromatic amines is 1. The lowest BCUT2D eigenvalue weighted by Gasteiger charge is -2.31. The van der Waals surface area contributed by atoms with Crippen LogP contribution in [0.3, 0.4) is 0 Å². The fourth-order valence-electron chi connectivity index (χ4n) is 5.31. The van der Waals surface area contributed by atoms with Gasteiger partial charge in [0.1, 0.15) is 11.6 Å². The molecule has 1 unspecified atom stereocenters. The molecule has 5 N–H and O–H groups in total. The van der Waals surface area contributed by atoms with Crippen molar-refractivity contribution >= 4 is 28.0 Å². The molecule has 0 saturated carbocycles. The van der Waals surface area contributed by atoms with Crippen molar-refractivity contribution < 1.29 is 9.13 Å². The second-order valence-electron chi connectivity index (χ2n) is 9.87. The molecule has 0 spiro atoms. The van der Waals surface area contributed by atoms with Crippen molar-refractivity contribution in [2.24, 2.45) is 0 Å². The van der Waals surface area contributed by atoms with Crippen molar-refractivity contribution in [2.45, 2.75) is 19.3 Å². The summed E-state index contributed by atoms with van der Waals surface area (Å²) in [6.07, 6.45) is 2.54. The fourth-order valence-corrected chi connectivity index (χ4v) is 5.31. The minimum absolute atomic E-state index is 0.287. The zero-order valence-corrected chi connectivity index (χ0v) is 21.8. The number of hydrogen-bond acceptors (Lipinski definition) is 6. The number of nitrogens with one attached hydrogen (secondary N) is 1. The van der Waals surface area contributed by atoms with Crippen LogP contribution < -0.4 is 16.4 Å². The number of ether oxygens (including phenoxy) is 1. The molecule has 3 aromatic carbocycles. The number of aryl methyl sites for hydroxylation is 1. The van der Waals surface area contributed by atoms with Crippen LogP contribution in [-0.4, -0.2) is 41.3 Å². The highest BCUT2D eigenvalue weighted by molar-refractivity contribution is 5.93. The molecule has 8 heteroatoms. The number of nitrogen functional groups attached to an aromatic ring is 2. The SMILES string of the molecule is CCc1cc(C(c2cc3cc(N)ccc3c(N)n2)c2ncc(-c3ccccc3)[nH]2)c(F)c(N2CCOCC2)c1. The Kier molecular flexibility index (Phi) is 6.62. The Morgan fingerprint density at radius 3 is 2.59 bits per heavy atom. The van der Waals surface area contributed by atoms with E-state index in [2.05, 4.69) is 16.8 Å². The zero-order valence-electron chi connectivity index (χ0n) is 21.8. The van der Waals surface area contributed by atoms with Crippen LogP contribution in [0.1, 0.15) is 35.5 Å². The summed E-state index contributed by atoms with van der Waals surface area (Å²) in [5, 5.41) is 1.64. The van der Waals surface area contributed by atoms with Crippen molar-refractivity contribution in [1.29, 1.82) is 0 Å². The van der Waals surface area contributed by atoms with Gasteiger partial charge in [-0.1, -0.05) is 43.3 Å². The van der Waals surface area contributed by atoms with Gasteiger partial charge in [-0.25, -0.2) is 14.4 Å². The van der Waals surface area contributed by atoms with Gasteiger partial charge in [0.25, 0.3) is 0 Å². The number of halogens is 1. The van der Waals surface area contributed by atoms with E-state index < -0.39 is 5.92 Å². The number of benzene rings is 3. The summed E-state index contributed by atoms with van der Waals surface area (Å²) in [5.74, 6) is 0.0403. The van der Waals surface area contributed by atoms with Crippen molar-refractivity contribution in [3.63, 3.8) is 0 Å². The Morgan fingerprint density at radius 2 is 1.82 bits per heavy atom.